The molecule has 6 heteroatoms. The zero-order valence-electron chi connectivity index (χ0n) is 12.8. The molecule has 1 aliphatic rings. The second kappa shape index (κ2) is 5.61. The molecule has 1 saturated heterocycles. The number of ether oxygens (including phenoxy) is 1. The van der Waals surface area contributed by atoms with E-state index in [1.807, 2.05) is 16.8 Å². The maximum atomic E-state index is 5.52. The van der Waals surface area contributed by atoms with Gasteiger partial charge in [-0.05, 0) is 32.9 Å². The summed E-state index contributed by atoms with van der Waals surface area (Å²) in [5.74, 6) is 2.30. The fourth-order valence-corrected chi connectivity index (χ4v) is 2.50. The molecule has 3 heterocycles. The van der Waals surface area contributed by atoms with E-state index in [1.54, 1.807) is 6.26 Å². The smallest absolute Gasteiger partial charge is 0.217 e. The van der Waals surface area contributed by atoms with Crippen molar-refractivity contribution in [2.75, 3.05) is 19.8 Å². The third-order valence-corrected chi connectivity index (χ3v) is 3.48. The van der Waals surface area contributed by atoms with E-state index in [0.29, 0.717) is 18.2 Å². The Hall–Kier alpha value is -1.66. The summed E-state index contributed by atoms with van der Waals surface area (Å²) in [4.78, 5) is 4.68. The van der Waals surface area contributed by atoms with Gasteiger partial charge >= 0.3 is 0 Å². The summed E-state index contributed by atoms with van der Waals surface area (Å²) in [5.41, 5.74) is -0.122. The molecule has 0 bridgehead atoms. The number of morpholine rings is 1. The van der Waals surface area contributed by atoms with Crippen molar-refractivity contribution in [3.63, 3.8) is 0 Å². The van der Waals surface area contributed by atoms with Gasteiger partial charge in [-0.1, -0.05) is 0 Å². The fraction of sp³-hybridized carbons (Fsp3) is 0.600. The maximum absolute atomic E-state index is 5.52. The Balaban J connectivity index is 1.89. The van der Waals surface area contributed by atoms with Crippen LogP contribution < -0.4 is 5.32 Å². The Kier molecular flexibility index (Phi) is 3.82. The molecule has 0 radical (unpaired) electrons. The summed E-state index contributed by atoms with van der Waals surface area (Å²) < 4.78 is 12.9. The quantitative estimate of drug-likeness (QED) is 0.934. The van der Waals surface area contributed by atoms with E-state index in [1.165, 1.54) is 0 Å². The molecule has 6 nitrogen and oxygen atoms in total. The molecule has 0 spiro atoms. The van der Waals surface area contributed by atoms with E-state index >= 15 is 0 Å². The molecule has 1 fully saturated rings. The molecule has 3 rings (SSSR count). The van der Waals surface area contributed by atoms with E-state index in [-0.39, 0.29) is 11.6 Å². The Labute approximate surface area is 124 Å². The molecule has 114 valence electrons. The highest BCUT2D eigenvalue weighted by atomic mass is 16.5. The summed E-state index contributed by atoms with van der Waals surface area (Å²) in [7, 11) is 0. The number of hydrogen-bond acceptors (Lipinski definition) is 5. The highest BCUT2D eigenvalue weighted by molar-refractivity contribution is 5.45. The van der Waals surface area contributed by atoms with Crippen molar-refractivity contribution < 1.29 is 9.15 Å². The minimum Gasteiger partial charge on any atom is -0.461 e. The van der Waals surface area contributed by atoms with Crippen LogP contribution >= 0.6 is 0 Å². The Bertz CT molecular complexity index is 577. The van der Waals surface area contributed by atoms with Gasteiger partial charge in [-0.2, -0.15) is 0 Å². The standard InChI is InChI=1S/C15H22N4O2/c1-15(2,3)19-13(9-11-10-20-8-6-16-11)17-14(18-19)12-5-4-7-21-12/h4-5,7,11,16H,6,8-10H2,1-3H3. The predicted octanol–water partition coefficient (Wildman–Crippen LogP) is 1.82. The first-order chi connectivity index (χ1) is 10.0. The van der Waals surface area contributed by atoms with E-state index in [2.05, 4.69) is 36.2 Å². The number of aromatic nitrogens is 3. The number of nitrogens with one attached hydrogen (secondary N) is 1. The summed E-state index contributed by atoms with van der Waals surface area (Å²) in [5, 5.41) is 8.09. The Morgan fingerprint density at radius 3 is 2.90 bits per heavy atom. The van der Waals surface area contributed by atoms with Gasteiger partial charge in [-0.3, -0.25) is 0 Å². The van der Waals surface area contributed by atoms with Gasteiger partial charge in [0.05, 0.1) is 25.0 Å². The molecule has 0 aromatic carbocycles. The summed E-state index contributed by atoms with van der Waals surface area (Å²) >= 11 is 0. The zero-order chi connectivity index (χ0) is 14.9. The first kappa shape index (κ1) is 14.3. The van der Waals surface area contributed by atoms with Gasteiger partial charge < -0.3 is 14.5 Å². The van der Waals surface area contributed by atoms with Crippen LogP contribution in [0.2, 0.25) is 0 Å². The summed E-state index contributed by atoms with van der Waals surface area (Å²) in [6, 6.07) is 4.02. The van der Waals surface area contributed by atoms with Crippen molar-refractivity contribution in [3.8, 4) is 11.6 Å². The molecule has 0 saturated carbocycles. The van der Waals surface area contributed by atoms with E-state index in [0.717, 1.165) is 25.4 Å². The van der Waals surface area contributed by atoms with Crippen LogP contribution in [0.15, 0.2) is 22.8 Å². The predicted molar refractivity (Wildman–Crippen MR) is 79.0 cm³/mol. The van der Waals surface area contributed by atoms with Crippen LogP contribution in [0.4, 0.5) is 0 Å². The van der Waals surface area contributed by atoms with Crippen LogP contribution in [0, 0.1) is 0 Å². The van der Waals surface area contributed by atoms with E-state index in [9.17, 15) is 0 Å². The van der Waals surface area contributed by atoms with Crippen molar-refractivity contribution in [1.29, 1.82) is 0 Å². The Morgan fingerprint density at radius 2 is 2.29 bits per heavy atom. The molecule has 1 aliphatic heterocycles. The van der Waals surface area contributed by atoms with Crippen LogP contribution in [0.1, 0.15) is 26.6 Å². The first-order valence-corrected chi connectivity index (χ1v) is 7.35. The molecule has 1 atom stereocenters. The lowest BCUT2D eigenvalue weighted by atomic mass is 10.1. The monoisotopic (exact) mass is 290 g/mol. The minimum absolute atomic E-state index is 0.122. The van der Waals surface area contributed by atoms with Gasteiger partial charge in [-0.15, -0.1) is 5.10 Å². The molecular weight excluding hydrogens is 268 g/mol. The second-order valence-corrected chi connectivity index (χ2v) is 6.34. The molecule has 2 aromatic heterocycles. The Morgan fingerprint density at radius 1 is 1.43 bits per heavy atom. The van der Waals surface area contributed by atoms with Gasteiger partial charge in [0, 0.05) is 19.0 Å². The van der Waals surface area contributed by atoms with Crippen molar-refractivity contribution in [2.24, 2.45) is 0 Å². The topological polar surface area (TPSA) is 65.1 Å². The number of nitrogens with zero attached hydrogens (tertiary/aromatic N) is 3. The van der Waals surface area contributed by atoms with Crippen molar-refractivity contribution in [2.45, 2.75) is 38.8 Å². The van der Waals surface area contributed by atoms with E-state index in [4.69, 9.17) is 9.15 Å². The SMILES string of the molecule is CC(C)(C)n1nc(-c2ccco2)nc1CC1COCCN1. The lowest BCUT2D eigenvalue weighted by Gasteiger charge is -2.26. The molecular formula is C15H22N4O2. The lowest BCUT2D eigenvalue weighted by Crippen LogP contribution is -2.43. The van der Waals surface area contributed by atoms with Crippen LogP contribution in [0.3, 0.4) is 0 Å². The average molecular weight is 290 g/mol. The molecule has 0 amide bonds. The molecule has 21 heavy (non-hydrogen) atoms. The molecule has 1 unspecified atom stereocenters. The van der Waals surface area contributed by atoms with Crippen molar-refractivity contribution in [3.05, 3.63) is 24.2 Å². The zero-order valence-corrected chi connectivity index (χ0v) is 12.8. The number of furan rings is 1. The molecule has 0 aliphatic carbocycles. The third-order valence-electron chi connectivity index (χ3n) is 3.48. The van der Waals surface area contributed by atoms with Crippen LogP contribution in [-0.4, -0.2) is 40.6 Å². The largest absolute Gasteiger partial charge is 0.461 e. The third kappa shape index (κ3) is 3.16. The van der Waals surface area contributed by atoms with Crippen LogP contribution in [0.5, 0.6) is 0 Å². The average Bonchev–Trinajstić information content (AvgIpc) is 3.07. The van der Waals surface area contributed by atoms with Gasteiger partial charge in [0.2, 0.25) is 5.82 Å². The minimum atomic E-state index is -0.122. The normalized spacial score (nSPS) is 19.9. The van der Waals surface area contributed by atoms with Gasteiger partial charge in [0.15, 0.2) is 5.76 Å². The highest BCUT2D eigenvalue weighted by Crippen LogP contribution is 2.22. The van der Waals surface area contributed by atoms with Gasteiger partial charge in [0.25, 0.3) is 0 Å². The van der Waals surface area contributed by atoms with E-state index < -0.39 is 0 Å². The highest BCUT2D eigenvalue weighted by Gasteiger charge is 2.25. The van der Waals surface area contributed by atoms with Crippen molar-refractivity contribution >= 4 is 0 Å². The molecule has 2 aromatic rings. The van der Waals surface area contributed by atoms with Crippen molar-refractivity contribution in [1.82, 2.24) is 20.1 Å². The van der Waals surface area contributed by atoms with Gasteiger partial charge in [0.1, 0.15) is 5.82 Å². The van der Waals surface area contributed by atoms with Crippen LogP contribution in [0.25, 0.3) is 11.6 Å². The fourth-order valence-electron chi connectivity index (χ4n) is 2.50. The summed E-state index contributed by atoms with van der Waals surface area (Å²) in [6.45, 7) is 8.76. The first-order valence-electron chi connectivity index (χ1n) is 7.35. The molecule has 1 N–H and O–H groups in total. The van der Waals surface area contributed by atoms with Gasteiger partial charge in [-0.25, -0.2) is 9.67 Å². The summed E-state index contributed by atoms with van der Waals surface area (Å²) in [6.07, 6.45) is 2.44. The number of hydrogen-bond donors (Lipinski definition) is 1. The second-order valence-electron chi connectivity index (χ2n) is 6.34. The lowest BCUT2D eigenvalue weighted by molar-refractivity contribution is 0.0756. The number of rotatable bonds is 3. The maximum Gasteiger partial charge on any atom is 0.217 e. The van der Waals surface area contributed by atoms with Crippen LogP contribution in [-0.2, 0) is 16.7 Å².